The van der Waals surface area contributed by atoms with Crippen molar-refractivity contribution in [3.05, 3.63) is 54.4 Å². The third-order valence-electron chi connectivity index (χ3n) is 7.85. The van der Waals surface area contributed by atoms with Crippen LogP contribution in [-0.2, 0) is 35.1 Å². The average Bonchev–Trinajstić information content (AvgIpc) is 3.03. The number of aromatic nitrogens is 1. The summed E-state index contributed by atoms with van der Waals surface area (Å²) in [6, 6.07) is 9.78. The number of carboxylic acids is 1. The molecule has 2 aromatic rings. The zero-order valence-electron chi connectivity index (χ0n) is 24.4. The molecule has 0 saturated carbocycles. The minimum absolute atomic E-state index is 0.00524. The number of hydrogen-bond donors (Lipinski definition) is 1. The molecule has 4 rings (SSSR count). The number of aliphatic carboxylic acids is 1. The Labute approximate surface area is 249 Å². The second-order valence-electron chi connectivity index (χ2n) is 10.5. The second kappa shape index (κ2) is 14.5. The van der Waals surface area contributed by atoms with Crippen molar-refractivity contribution in [2.75, 3.05) is 64.9 Å². The Hall–Kier alpha value is -4.68. The zero-order chi connectivity index (χ0) is 30.9. The van der Waals surface area contributed by atoms with Gasteiger partial charge in [-0.2, -0.15) is 0 Å². The van der Waals surface area contributed by atoms with Gasteiger partial charge in [-0.15, -0.1) is 0 Å². The Morgan fingerprint density at radius 2 is 1.63 bits per heavy atom. The van der Waals surface area contributed by atoms with Gasteiger partial charge in [0.25, 0.3) is 0 Å². The first-order valence-corrected chi connectivity index (χ1v) is 14.1. The SMILES string of the molecule is COC(=O)CC1C(=O)N(CC(=O)O)CCN1C(=O)[C@H](CC(=O)N1CCN(c2ccncc2)CC1)Cc1ccc(OC)cc1. The van der Waals surface area contributed by atoms with Crippen LogP contribution in [0.15, 0.2) is 48.8 Å². The molecule has 0 bridgehead atoms. The minimum atomic E-state index is -1.23. The smallest absolute Gasteiger partial charge is 0.323 e. The highest BCUT2D eigenvalue weighted by atomic mass is 16.5. The predicted octanol–water partition coefficient (Wildman–Crippen LogP) is 0.675. The van der Waals surface area contributed by atoms with Gasteiger partial charge in [0.15, 0.2) is 0 Å². The molecule has 2 atom stereocenters. The Morgan fingerprint density at radius 3 is 2.23 bits per heavy atom. The summed E-state index contributed by atoms with van der Waals surface area (Å²) < 4.78 is 10.0. The average molecular weight is 596 g/mol. The topological polar surface area (TPSA) is 150 Å². The van der Waals surface area contributed by atoms with Gasteiger partial charge < -0.3 is 34.2 Å². The highest BCUT2D eigenvalue weighted by Crippen LogP contribution is 2.25. The number of nitrogens with zero attached hydrogens (tertiary/aromatic N) is 5. The van der Waals surface area contributed by atoms with E-state index in [2.05, 4.69) is 9.88 Å². The first kappa shape index (κ1) is 31.3. The molecule has 1 unspecified atom stereocenters. The molecule has 2 fully saturated rings. The summed E-state index contributed by atoms with van der Waals surface area (Å²) in [5.74, 6) is -3.35. The van der Waals surface area contributed by atoms with E-state index in [0.29, 0.717) is 31.9 Å². The van der Waals surface area contributed by atoms with Crippen molar-refractivity contribution in [3.8, 4) is 5.75 Å². The van der Waals surface area contributed by atoms with E-state index in [1.807, 2.05) is 24.3 Å². The number of esters is 1. The normalized spacial score (nSPS) is 17.8. The molecule has 2 aliphatic heterocycles. The van der Waals surface area contributed by atoms with Gasteiger partial charge in [-0.3, -0.25) is 29.0 Å². The summed E-state index contributed by atoms with van der Waals surface area (Å²) in [5.41, 5.74) is 1.83. The van der Waals surface area contributed by atoms with Crippen molar-refractivity contribution in [2.24, 2.45) is 5.92 Å². The van der Waals surface area contributed by atoms with Gasteiger partial charge in [0.1, 0.15) is 18.3 Å². The van der Waals surface area contributed by atoms with E-state index in [9.17, 15) is 29.1 Å². The number of pyridine rings is 1. The first-order valence-electron chi connectivity index (χ1n) is 14.1. The van der Waals surface area contributed by atoms with Crippen LogP contribution in [0.4, 0.5) is 5.69 Å². The summed E-state index contributed by atoms with van der Waals surface area (Å²) in [6.07, 6.45) is 3.16. The molecular formula is C30H37N5O8. The van der Waals surface area contributed by atoms with Crippen LogP contribution in [0.25, 0.3) is 0 Å². The van der Waals surface area contributed by atoms with Gasteiger partial charge in [0.2, 0.25) is 17.7 Å². The van der Waals surface area contributed by atoms with Gasteiger partial charge in [-0.1, -0.05) is 12.1 Å². The molecule has 43 heavy (non-hydrogen) atoms. The molecule has 13 heteroatoms. The number of hydrogen-bond acceptors (Lipinski definition) is 9. The Balaban J connectivity index is 1.53. The summed E-state index contributed by atoms with van der Waals surface area (Å²) in [7, 11) is 2.73. The Kier molecular flexibility index (Phi) is 10.5. The molecule has 3 heterocycles. The van der Waals surface area contributed by atoms with Crippen molar-refractivity contribution >= 4 is 35.3 Å². The van der Waals surface area contributed by atoms with E-state index in [1.54, 1.807) is 36.5 Å². The third-order valence-corrected chi connectivity index (χ3v) is 7.85. The molecule has 1 aromatic carbocycles. The van der Waals surface area contributed by atoms with Crippen LogP contribution in [-0.4, -0.2) is 121 Å². The standard InChI is InChI=1S/C30H37N5O8/c1-42-24-5-3-21(4-6-24)17-22(18-26(36)33-13-11-32(12-14-33)23-7-9-31-10-8-23)29(40)35-16-15-34(20-27(37)38)30(41)25(35)19-28(39)43-2/h3-10,22,25H,11-20H2,1-2H3,(H,37,38)/t22-,25?/m0/s1. The summed E-state index contributed by atoms with van der Waals surface area (Å²) in [5, 5.41) is 9.24. The van der Waals surface area contributed by atoms with Crippen molar-refractivity contribution in [2.45, 2.75) is 25.3 Å². The second-order valence-corrected chi connectivity index (χ2v) is 10.5. The Morgan fingerprint density at radius 1 is 0.953 bits per heavy atom. The molecule has 0 radical (unpaired) electrons. The number of amides is 3. The van der Waals surface area contributed by atoms with Gasteiger partial charge in [-0.25, -0.2) is 0 Å². The van der Waals surface area contributed by atoms with Crippen molar-refractivity contribution < 1.29 is 38.6 Å². The van der Waals surface area contributed by atoms with Crippen LogP contribution < -0.4 is 9.64 Å². The number of rotatable bonds is 11. The fraction of sp³-hybridized carbons (Fsp3) is 0.467. The number of piperazine rings is 2. The lowest BCUT2D eigenvalue weighted by molar-refractivity contribution is -0.160. The highest BCUT2D eigenvalue weighted by molar-refractivity contribution is 5.95. The van der Waals surface area contributed by atoms with Crippen LogP contribution in [0.1, 0.15) is 18.4 Å². The van der Waals surface area contributed by atoms with Crippen LogP contribution in [0.2, 0.25) is 0 Å². The van der Waals surface area contributed by atoms with Gasteiger partial charge in [0, 0.05) is 63.8 Å². The van der Waals surface area contributed by atoms with E-state index in [0.717, 1.165) is 16.2 Å². The number of benzene rings is 1. The Bertz CT molecular complexity index is 1300. The predicted molar refractivity (Wildman–Crippen MR) is 154 cm³/mol. The van der Waals surface area contributed by atoms with Gasteiger partial charge in [-0.05, 0) is 36.2 Å². The van der Waals surface area contributed by atoms with Crippen molar-refractivity contribution in [1.82, 2.24) is 19.7 Å². The number of anilines is 1. The molecule has 3 amide bonds. The lowest BCUT2D eigenvalue weighted by atomic mass is 9.92. The molecule has 1 N–H and O–H groups in total. The molecule has 0 spiro atoms. The number of carboxylic acid groups (broad SMARTS) is 1. The molecule has 2 aliphatic rings. The summed E-state index contributed by atoms with van der Waals surface area (Å²) in [4.78, 5) is 74.9. The third kappa shape index (κ3) is 7.99. The monoisotopic (exact) mass is 595 g/mol. The lowest BCUT2D eigenvalue weighted by Crippen LogP contribution is -2.61. The van der Waals surface area contributed by atoms with E-state index < -0.39 is 48.7 Å². The maximum absolute atomic E-state index is 14.1. The number of carbonyl (C=O) groups is 5. The van der Waals surface area contributed by atoms with Crippen LogP contribution >= 0.6 is 0 Å². The summed E-state index contributed by atoms with van der Waals surface area (Å²) in [6.45, 7) is 1.72. The largest absolute Gasteiger partial charge is 0.497 e. The molecule has 13 nitrogen and oxygen atoms in total. The highest BCUT2D eigenvalue weighted by Gasteiger charge is 2.42. The zero-order valence-corrected chi connectivity index (χ0v) is 24.4. The quantitative estimate of drug-likeness (QED) is 0.368. The molecule has 230 valence electrons. The van der Waals surface area contributed by atoms with Crippen molar-refractivity contribution in [1.29, 1.82) is 0 Å². The summed E-state index contributed by atoms with van der Waals surface area (Å²) >= 11 is 0. The van der Waals surface area contributed by atoms with E-state index in [-0.39, 0.29) is 31.8 Å². The van der Waals surface area contributed by atoms with E-state index >= 15 is 0 Å². The van der Waals surface area contributed by atoms with E-state index in [1.165, 1.54) is 12.0 Å². The van der Waals surface area contributed by atoms with E-state index in [4.69, 9.17) is 9.47 Å². The molecule has 0 aliphatic carbocycles. The number of ether oxygens (including phenoxy) is 2. The lowest BCUT2D eigenvalue weighted by Gasteiger charge is -2.41. The van der Waals surface area contributed by atoms with Crippen LogP contribution in [0.3, 0.4) is 0 Å². The van der Waals surface area contributed by atoms with Crippen molar-refractivity contribution in [3.63, 3.8) is 0 Å². The molecule has 1 aromatic heterocycles. The fourth-order valence-electron chi connectivity index (χ4n) is 5.50. The first-order chi connectivity index (χ1) is 20.7. The molecular weight excluding hydrogens is 558 g/mol. The number of methoxy groups -OCH3 is 2. The van der Waals surface area contributed by atoms with Gasteiger partial charge >= 0.3 is 11.9 Å². The fourth-order valence-corrected chi connectivity index (χ4v) is 5.50. The molecule has 2 saturated heterocycles. The maximum atomic E-state index is 14.1. The maximum Gasteiger partial charge on any atom is 0.323 e. The number of carbonyl (C=O) groups excluding carboxylic acids is 4. The van der Waals surface area contributed by atoms with Crippen LogP contribution in [0, 0.1) is 5.92 Å². The van der Waals surface area contributed by atoms with Gasteiger partial charge in [0.05, 0.1) is 26.6 Å². The van der Waals surface area contributed by atoms with Crippen LogP contribution in [0.5, 0.6) is 5.75 Å². The minimum Gasteiger partial charge on any atom is -0.497 e.